The van der Waals surface area contributed by atoms with Gasteiger partial charge in [0.25, 0.3) is 0 Å². The highest BCUT2D eigenvalue weighted by molar-refractivity contribution is 6.10. The summed E-state index contributed by atoms with van der Waals surface area (Å²) >= 11 is 0. The molecule has 0 bridgehead atoms. The number of fused-ring (bicyclic) bond motifs is 5. The van der Waals surface area contributed by atoms with Gasteiger partial charge in [-0.1, -0.05) is 122 Å². The van der Waals surface area contributed by atoms with Crippen LogP contribution in [0.3, 0.4) is 0 Å². The summed E-state index contributed by atoms with van der Waals surface area (Å²) in [5.74, 6) is 0. The van der Waals surface area contributed by atoms with Crippen molar-refractivity contribution in [1.82, 2.24) is 4.57 Å². The molecule has 0 aliphatic carbocycles. The molecule has 7 aromatic carbocycles. The summed E-state index contributed by atoms with van der Waals surface area (Å²) in [5.41, 5.74) is 11.9. The lowest BCUT2D eigenvalue weighted by molar-refractivity contribution is 0.669. The van der Waals surface area contributed by atoms with Crippen molar-refractivity contribution in [3.8, 4) is 16.8 Å². The molecule has 0 spiro atoms. The van der Waals surface area contributed by atoms with E-state index in [4.69, 9.17) is 4.42 Å². The van der Waals surface area contributed by atoms with Gasteiger partial charge in [0.1, 0.15) is 5.58 Å². The third-order valence-electron chi connectivity index (χ3n) is 9.74. The van der Waals surface area contributed by atoms with Gasteiger partial charge in [0.15, 0.2) is 5.58 Å². The molecule has 9 rings (SSSR count). The van der Waals surface area contributed by atoms with E-state index in [1.54, 1.807) is 0 Å². The molecule has 238 valence electrons. The van der Waals surface area contributed by atoms with Crippen molar-refractivity contribution in [1.29, 1.82) is 0 Å². The fourth-order valence-corrected chi connectivity index (χ4v) is 7.35. The second-order valence-corrected chi connectivity index (χ2v) is 12.7. The van der Waals surface area contributed by atoms with Crippen LogP contribution in [0.4, 0.5) is 17.1 Å². The van der Waals surface area contributed by atoms with Crippen LogP contribution in [0.5, 0.6) is 0 Å². The Morgan fingerprint density at radius 3 is 2.00 bits per heavy atom. The van der Waals surface area contributed by atoms with E-state index >= 15 is 0 Å². The smallest absolute Gasteiger partial charge is 0.159 e. The van der Waals surface area contributed by atoms with E-state index in [1.807, 2.05) is 24.3 Å². The van der Waals surface area contributed by atoms with Gasteiger partial charge in [-0.05, 0) is 89.5 Å². The summed E-state index contributed by atoms with van der Waals surface area (Å²) in [7, 11) is 0. The van der Waals surface area contributed by atoms with E-state index in [1.165, 1.54) is 44.1 Å². The van der Waals surface area contributed by atoms with Gasteiger partial charge in [-0.2, -0.15) is 0 Å². The Balaban J connectivity index is 1.21. The van der Waals surface area contributed by atoms with Gasteiger partial charge in [-0.25, -0.2) is 0 Å². The molecule has 0 aliphatic heterocycles. The van der Waals surface area contributed by atoms with Crippen LogP contribution in [0.15, 0.2) is 181 Å². The molecule has 0 atom stereocenters. The molecule has 3 nitrogen and oxygen atoms in total. The van der Waals surface area contributed by atoms with Crippen molar-refractivity contribution in [2.24, 2.45) is 0 Å². The molecule has 50 heavy (non-hydrogen) atoms. The van der Waals surface area contributed by atoms with E-state index in [9.17, 15) is 0 Å². The summed E-state index contributed by atoms with van der Waals surface area (Å²) in [4.78, 5) is 2.30. The molecule has 3 heteroatoms. The lowest BCUT2D eigenvalue weighted by atomic mass is 10.0. The van der Waals surface area contributed by atoms with Gasteiger partial charge < -0.3 is 13.9 Å². The number of allylic oxidation sites excluding steroid dienone is 2. The Morgan fingerprint density at radius 1 is 0.600 bits per heavy atom. The lowest BCUT2D eigenvalue weighted by Gasteiger charge is -2.26. The molecule has 0 saturated heterocycles. The van der Waals surface area contributed by atoms with Crippen molar-refractivity contribution in [2.75, 3.05) is 4.90 Å². The highest BCUT2D eigenvalue weighted by atomic mass is 16.3. The van der Waals surface area contributed by atoms with Gasteiger partial charge in [-0.3, -0.25) is 0 Å². The second-order valence-electron chi connectivity index (χ2n) is 12.7. The summed E-state index contributed by atoms with van der Waals surface area (Å²) in [6.07, 6.45) is 6.02. The standard InChI is InChI=1S/C47H34N2O/c1-3-4-17-40-32(2)48(45-31-36-16-9-8-15-35(36)30-43(40)45)37-26-28-39(29-27-37)49(38-24-22-34(23-25-38)33-13-6-5-7-14-33)44-20-12-19-42-41-18-10-11-21-46(41)50-47(42)44/h3-31H,1H2,2H3/b17-4-. The Morgan fingerprint density at radius 2 is 1.24 bits per heavy atom. The zero-order valence-electron chi connectivity index (χ0n) is 27.8. The maximum Gasteiger partial charge on any atom is 0.159 e. The number of aromatic nitrogens is 1. The monoisotopic (exact) mass is 642 g/mol. The predicted octanol–water partition coefficient (Wildman–Crippen LogP) is 13.3. The SMILES string of the molecule is C=C/C=C\c1c(C)n(-c2ccc(N(c3ccc(-c4ccccc4)cc3)c3cccc4c3oc3ccccc34)cc2)c2cc3ccccc3cc12. The minimum Gasteiger partial charge on any atom is -0.454 e. The molecular formula is C47H34N2O. The normalized spacial score (nSPS) is 11.7. The molecule has 9 aromatic rings. The summed E-state index contributed by atoms with van der Waals surface area (Å²) in [6.45, 7) is 6.12. The third kappa shape index (κ3) is 4.91. The van der Waals surface area contributed by atoms with Crippen LogP contribution < -0.4 is 4.90 Å². The van der Waals surface area contributed by atoms with Crippen molar-refractivity contribution < 1.29 is 4.42 Å². The van der Waals surface area contributed by atoms with Crippen molar-refractivity contribution in [2.45, 2.75) is 6.92 Å². The summed E-state index contributed by atoms with van der Waals surface area (Å²) in [5, 5.41) is 5.89. The molecule has 0 N–H and O–H groups in total. The van der Waals surface area contributed by atoms with E-state index in [-0.39, 0.29) is 0 Å². The maximum atomic E-state index is 6.57. The van der Waals surface area contributed by atoms with Crippen LogP contribution in [0.25, 0.3) is 66.5 Å². The van der Waals surface area contributed by atoms with E-state index < -0.39 is 0 Å². The number of para-hydroxylation sites is 2. The van der Waals surface area contributed by atoms with Crippen LogP contribution >= 0.6 is 0 Å². The molecule has 2 aromatic heterocycles. The van der Waals surface area contributed by atoms with Gasteiger partial charge in [0.2, 0.25) is 0 Å². The Bertz CT molecular complexity index is 2710. The van der Waals surface area contributed by atoms with Crippen LogP contribution in [-0.4, -0.2) is 4.57 Å². The van der Waals surface area contributed by atoms with E-state index in [2.05, 4.69) is 175 Å². The number of furan rings is 1. The highest BCUT2D eigenvalue weighted by Gasteiger charge is 2.20. The topological polar surface area (TPSA) is 21.3 Å². The van der Waals surface area contributed by atoms with Gasteiger partial charge in [-0.15, -0.1) is 0 Å². The van der Waals surface area contributed by atoms with Crippen molar-refractivity contribution in [3.63, 3.8) is 0 Å². The quantitative estimate of drug-likeness (QED) is 0.161. The number of anilines is 3. The van der Waals surface area contributed by atoms with Gasteiger partial charge >= 0.3 is 0 Å². The fraction of sp³-hybridized carbons (Fsp3) is 0.0213. The first-order chi connectivity index (χ1) is 24.7. The molecule has 2 heterocycles. The number of hydrogen-bond donors (Lipinski definition) is 0. The Hall–Kier alpha value is -6.58. The van der Waals surface area contributed by atoms with E-state index in [0.717, 1.165) is 44.7 Å². The first-order valence-electron chi connectivity index (χ1n) is 17.0. The second kappa shape index (κ2) is 12.1. The van der Waals surface area contributed by atoms with Crippen LogP contribution in [0.1, 0.15) is 11.3 Å². The fourth-order valence-electron chi connectivity index (χ4n) is 7.35. The minimum absolute atomic E-state index is 0.864. The summed E-state index contributed by atoms with van der Waals surface area (Å²) < 4.78 is 8.94. The number of nitrogens with zero attached hydrogens (tertiary/aromatic N) is 2. The molecule has 0 aliphatic rings. The first kappa shape index (κ1) is 29.6. The maximum absolute atomic E-state index is 6.57. The van der Waals surface area contributed by atoms with Gasteiger partial charge in [0.05, 0.1) is 11.2 Å². The zero-order chi connectivity index (χ0) is 33.6. The number of benzene rings is 7. The molecule has 0 amide bonds. The van der Waals surface area contributed by atoms with E-state index in [0.29, 0.717) is 0 Å². The third-order valence-corrected chi connectivity index (χ3v) is 9.74. The number of hydrogen-bond acceptors (Lipinski definition) is 2. The lowest BCUT2D eigenvalue weighted by Crippen LogP contribution is -2.10. The van der Waals surface area contributed by atoms with Crippen LogP contribution in [-0.2, 0) is 0 Å². The number of rotatable bonds is 7. The highest BCUT2D eigenvalue weighted by Crippen LogP contribution is 2.43. The largest absolute Gasteiger partial charge is 0.454 e. The molecule has 0 unspecified atom stereocenters. The van der Waals surface area contributed by atoms with Crippen LogP contribution in [0, 0.1) is 6.92 Å². The van der Waals surface area contributed by atoms with Gasteiger partial charge in [0, 0.05) is 44.5 Å². The average molecular weight is 643 g/mol. The minimum atomic E-state index is 0.864. The average Bonchev–Trinajstić information content (AvgIpc) is 3.68. The molecule has 0 saturated carbocycles. The molecule has 0 fully saturated rings. The van der Waals surface area contributed by atoms with Crippen molar-refractivity contribution >= 4 is 66.8 Å². The predicted molar refractivity (Wildman–Crippen MR) is 212 cm³/mol. The Labute approximate surface area is 291 Å². The summed E-state index contributed by atoms with van der Waals surface area (Å²) in [6, 6.07) is 56.0. The Kier molecular flexibility index (Phi) is 7.18. The van der Waals surface area contributed by atoms with Crippen molar-refractivity contribution in [3.05, 3.63) is 188 Å². The zero-order valence-corrected chi connectivity index (χ0v) is 27.8. The molecule has 0 radical (unpaired) electrons. The van der Waals surface area contributed by atoms with Crippen LogP contribution in [0.2, 0.25) is 0 Å². The first-order valence-corrected chi connectivity index (χ1v) is 17.0. The molecular weight excluding hydrogens is 609 g/mol.